The van der Waals surface area contributed by atoms with Crippen LogP contribution in [0.15, 0.2) is 35.4 Å². The Hall–Kier alpha value is -2.25. The lowest BCUT2D eigenvalue weighted by Gasteiger charge is -2.13. The number of carbonyl (C=O) groups is 1. The molecule has 0 aliphatic heterocycles. The Labute approximate surface area is 139 Å². The van der Waals surface area contributed by atoms with Gasteiger partial charge in [0.1, 0.15) is 0 Å². The number of nitrogens with zero attached hydrogens (tertiary/aromatic N) is 2. The summed E-state index contributed by atoms with van der Waals surface area (Å²) in [7, 11) is 0. The van der Waals surface area contributed by atoms with E-state index in [1.165, 1.54) is 10.9 Å². The summed E-state index contributed by atoms with van der Waals surface area (Å²) in [5, 5.41) is 22.3. The number of aromatic nitrogens is 2. The minimum absolute atomic E-state index is 0.0777. The number of carbonyl (C=O) groups excluding carboxylic acids is 1. The third-order valence-electron chi connectivity index (χ3n) is 4.57. The van der Waals surface area contributed by atoms with Crippen LogP contribution in [0.2, 0.25) is 0 Å². The summed E-state index contributed by atoms with van der Waals surface area (Å²) in [6.07, 6.45) is 2.07. The first-order valence-electron chi connectivity index (χ1n) is 8.11. The first-order valence-corrected chi connectivity index (χ1v) is 8.11. The van der Waals surface area contributed by atoms with Crippen LogP contribution in [0.25, 0.3) is 10.9 Å². The van der Waals surface area contributed by atoms with Crippen LogP contribution in [0.4, 0.5) is 0 Å². The van der Waals surface area contributed by atoms with E-state index in [-0.39, 0.29) is 43.0 Å². The van der Waals surface area contributed by atoms with Gasteiger partial charge in [0.15, 0.2) is 0 Å². The van der Waals surface area contributed by atoms with E-state index in [1.54, 1.807) is 18.2 Å². The maximum absolute atomic E-state index is 12.3. The second-order valence-corrected chi connectivity index (χ2v) is 6.26. The first kappa shape index (κ1) is 16.6. The number of nitrogens with one attached hydrogen (secondary N) is 1. The number of benzene rings is 1. The summed E-state index contributed by atoms with van der Waals surface area (Å²) in [6.45, 7) is 0.174. The molecule has 0 saturated heterocycles. The number of aryl methyl sites for hydroxylation is 1. The van der Waals surface area contributed by atoms with Crippen molar-refractivity contribution >= 4 is 16.8 Å². The molecule has 2 aromatic rings. The fraction of sp³-hybridized carbons (Fsp3) is 0.471. The number of rotatable bonds is 5. The highest BCUT2D eigenvalue weighted by atomic mass is 16.3. The van der Waals surface area contributed by atoms with Gasteiger partial charge in [-0.1, -0.05) is 12.1 Å². The van der Waals surface area contributed by atoms with Gasteiger partial charge >= 0.3 is 0 Å². The number of amides is 1. The zero-order chi connectivity index (χ0) is 17.1. The van der Waals surface area contributed by atoms with Gasteiger partial charge in [0.25, 0.3) is 5.56 Å². The highest BCUT2D eigenvalue weighted by molar-refractivity contribution is 5.77. The highest BCUT2D eigenvalue weighted by Gasteiger charge is 2.33. The Morgan fingerprint density at radius 3 is 2.88 bits per heavy atom. The summed E-state index contributed by atoms with van der Waals surface area (Å²) >= 11 is 0. The maximum Gasteiger partial charge on any atom is 0.261 e. The Morgan fingerprint density at radius 1 is 1.33 bits per heavy atom. The van der Waals surface area contributed by atoms with Crippen LogP contribution in [-0.2, 0) is 11.3 Å². The van der Waals surface area contributed by atoms with E-state index < -0.39 is 6.10 Å². The zero-order valence-electron chi connectivity index (χ0n) is 13.3. The number of hydrogen-bond donors (Lipinski definition) is 3. The first-order chi connectivity index (χ1) is 11.6. The van der Waals surface area contributed by atoms with E-state index in [2.05, 4.69) is 10.3 Å². The molecule has 1 aliphatic carbocycles. The topological polar surface area (TPSA) is 104 Å². The van der Waals surface area contributed by atoms with Gasteiger partial charge in [-0.25, -0.2) is 4.98 Å². The maximum atomic E-state index is 12.3. The largest absolute Gasteiger partial charge is 0.396 e. The van der Waals surface area contributed by atoms with Gasteiger partial charge in [0.2, 0.25) is 5.91 Å². The van der Waals surface area contributed by atoms with Crippen LogP contribution >= 0.6 is 0 Å². The molecule has 3 atom stereocenters. The standard InChI is InChI=1S/C17H21N3O4/c21-9-11-7-12(8-15(11)22)19-16(23)5-6-20-10-18-14-4-2-1-3-13(14)17(20)24/h1-4,10-12,15,21-22H,5-9H2,(H,19,23)/t11-,12+,15+/m0/s1. The average molecular weight is 331 g/mol. The summed E-state index contributed by atoms with van der Waals surface area (Å²) in [6, 6.07) is 6.97. The van der Waals surface area contributed by atoms with Crippen molar-refractivity contribution < 1.29 is 15.0 Å². The molecule has 0 radical (unpaired) electrons. The van der Waals surface area contributed by atoms with Crippen molar-refractivity contribution in [2.24, 2.45) is 5.92 Å². The number of aliphatic hydroxyl groups excluding tert-OH is 2. The summed E-state index contributed by atoms with van der Waals surface area (Å²) in [5.74, 6) is -0.353. The van der Waals surface area contributed by atoms with Crippen molar-refractivity contribution in [2.75, 3.05) is 6.61 Å². The monoisotopic (exact) mass is 331 g/mol. The fourth-order valence-electron chi connectivity index (χ4n) is 3.20. The van der Waals surface area contributed by atoms with Crippen LogP contribution in [0, 0.1) is 5.92 Å². The minimum Gasteiger partial charge on any atom is -0.396 e. The Bertz CT molecular complexity index is 789. The molecule has 1 heterocycles. The van der Waals surface area contributed by atoms with E-state index in [4.69, 9.17) is 5.11 Å². The van der Waals surface area contributed by atoms with Gasteiger partial charge in [-0.05, 0) is 25.0 Å². The summed E-state index contributed by atoms with van der Waals surface area (Å²) < 4.78 is 1.43. The molecule has 0 unspecified atom stereocenters. The van der Waals surface area contributed by atoms with E-state index in [9.17, 15) is 14.7 Å². The SMILES string of the molecule is O=C(CCn1cnc2ccccc2c1=O)N[C@@H]1C[C@@H](CO)[C@H](O)C1. The van der Waals surface area contributed by atoms with Crippen LogP contribution in [0.1, 0.15) is 19.3 Å². The predicted molar refractivity (Wildman–Crippen MR) is 88.4 cm³/mol. The van der Waals surface area contributed by atoms with Gasteiger partial charge in [-0.15, -0.1) is 0 Å². The lowest BCUT2D eigenvalue weighted by molar-refractivity contribution is -0.122. The van der Waals surface area contributed by atoms with Crippen molar-refractivity contribution in [3.63, 3.8) is 0 Å². The van der Waals surface area contributed by atoms with Gasteiger partial charge in [-0.2, -0.15) is 0 Å². The zero-order valence-corrected chi connectivity index (χ0v) is 13.3. The lowest BCUT2D eigenvalue weighted by Crippen LogP contribution is -2.34. The Morgan fingerprint density at radius 2 is 2.12 bits per heavy atom. The van der Waals surface area contributed by atoms with Crippen molar-refractivity contribution in [2.45, 2.75) is 38.0 Å². The molecule has 1 fully saturated rings. The van der Waals surface area contributed by atoms with E-state index in [1.807, 2.05) is 6.07 Å². The molecule has 1 amide bonds. The molecule has 24 heavy (non-hydrogen) atoms. The van der Waals surface area contributed by atoms with Gasteiger partial charge in [0.05, 0.1) is 23.3 Å². The smallest absolute Gasteiger partial charge is 0.261 e. The van der Waals surface area contributed by atoms with E-state index in [0.717, 1.165) is 0 Å². The molecule has 3 rings (SSSR count). The fourth-order valence-corrected chi connectivity index (χ4v) is 3.20. The van der Waals surface area contributed by atoms with Crippen LogP contribution < -0.4 is 10.9 Å². The molecule has 0 spiro atoms. The van der Waals surface area contributed by atoms with Crippen LogP contribution in [-0.4, -0.2) is 44.4 Å². The summed E-state index contributed by atoms with van der Waals surface area (Å²) in [4.78, 5) is 28.6. The molecule has 3 N–H and O–H groups in total. The average Bonchev–Trinajstić information content (AvgIpc) is 2.94. The third kappa shape index (κ3) is 3.47. The molecule has 128 valence electrons. The quantitative estimate of drug-likeness (QED) is 0.717. The third-order valence-corrected chi connectivity index (χ3v) is 4.57. The van der Waals surface area contributed by atoms with Crippen LogP contribution in [0.5, 0.6) is 0 Å². The van der Waals surface area contributed by atoms with Crippen molar-refractivity contribution in [3.05, 3.63) is 40.9 Å². The Kier molecular flexibility index (Phi) is 4.92. The number of hydrogen-bond acceptors (Lipinski definition) is 5. The molecule has 0 bridgehead atoms. The number of fused-ring (bicyclic) bond motifs is 1. The second kappa shape index (κ2) is 7.11. The van der Waals surface area contributed by atoms with Crippen molar-refractivity contribution in [3.8, 4) is 0 Å². The number of para-hydroxylation sites is 1. The lowest BCUT2D eigenvalue weighted by atomic mass is 10.1. The van der Waals surface area contributed by atoms with Crippen molar-refractivity contribution in [1.29, 1.82) is 0 Å². The summed E-state index contributed by atoms with van der Waals surface area (Å²) in [5.41, 5.74) is 0.475. The molecule has 1 aromatic heterocycles. The van der Waals surface area contributed by atoms with Gasteiger partial charge in [0, 0.05) is 31.5 Å². The Balaban J connectivity index is 1.59. The van der Waals surface area contributed by atoms with Gasteiger partial charge < -0.3 is 15.5 Å². The second-order valence-electron chi connectivity index (χ2n) is 6.26. The molecule has 1 saturated carbocycles. The molecular weight excluding hydrogens is 310 g/mol. The minimum atomic E-state index is -0.576. The normalized spacial score (nSPS) is 23.5. The van der Waals surface area contributed by atoms with Gasteiger partial charge in [-0.3, -0.25) is 14.2 Å². The number of aliphatic hydroxyl groups is 2. The molecule has 7 nitrogen and oxygen atoms in total. The highest BCUT2D eigenvalue weighted by Crippen LogP contribution is 2.25. The molecule has 1 aliphatic rings. The van der Waals surface area contributed by atoms with E-state index in [0.29, 0.717) is 23.7 Å². The molecule has 7 heteroatoms. The van der Waals surface area contributed by atoms with E-state index >= 15 is 0 Å². The van der Waals surface area contributed by atoms with Crippen molar-refractivity contribution in [1.82, 2.24) is 14.9 Å². The predicted octanol–water partition coefficient (Wildman–Crippen LogP) is 0.0346. The molecule has 1 aromatic carbocycles. The molecular formula is C17H21N3O4. The van der Waals surface area contributed by atoms with Crippen LogP contribution in [0.3, 0.4) is 0 Å².